The summed E-state index contributed by atoms with van der Waals surface area (Å²) in [5.41, 5.74) is 0. The molecule has 2 N–H and O–H groups in total. The van der Waals surface area contributed by atoms with Crippen LogP contribution in [0.25, 0.3) is 0 Å². The van der Waals surface area contributed by atoms with Gasteiger partial charge in [-0.1, -0.05) is 0 Å². The lowest BCUT2D eigenvalue weighted by molar-refractivity contribution is -0.143. The molecule has 2 fully saturated rings. The first-order valence-electron chi connectivity index (χ1n) is 7.03. The van der Waals surface area contributed by atoms with Gasteiger partial charge >= 0.3 is 12.0 Å². The summed E-state index contributed by atoms with van der Waals surface area (Å²) in [6, 6.07) is 0.568. The molecule has 1 aliphatic carbocycles. The summed E-state index contributed by atoms with van der Waals surface area (Å²) in [5, 5.41) is 11.9. The van der Waals surface area contributed by atoms with Crippen molar-refractivity contribution in [2.75, 3.05) is 33.2 Å². The third-order valence-electron chi connectivity index (χ3n) is 3.97. The molecule has 0 spiro atoms. The standard InChI is InChI=1S/C13H23N3O3/c1-15(11-4-5-11)8-6-14-13(19)16-7-2-3-10(9-16)12(17)18/h10-11H,2-9H2,1H3,(H,14,19)(H,17,18)/t10-/m0/s1. The van der Waals surface area contributed by atoms with Crippen LogP contribution in [0.2, 0.25) is 0 Å². The van der Waals surface area contributed by atoms with E-state index in [4.69, 9.17) is 5.11 Å². The summed E-state index contributed by atoms with van der Waals surface area (Å²) in [7, 11) is 2.07. The van der Waals surface area contributed by atoms with Crippen LogP contribution in [0.5, 0.6) is 0 Å². The van der Waals surface area contributed by atoms with Crippen molar-refractivity contribution in [3.63, 3.8) is 0 Å². The topological polar surface area (TPSA) is 72.9 Å². The summed E-state index contributed by atoms with van der Waals surface area (Å²) >= 11 is 0. The molecule has 2 aliphatic rings. The Morgan fingerprint density at radius 3 is 2.74 bits per heavy atom. The number of hydrogen-bond acceptors (Lipinski definition) is 3. The molecule has 1 aliphatic heterocycles. The average Bonchev–Trinajstić information content (AvgIpc) is 3.23. The Kier molecular flexibility index (Phi) is 4.63. The van der Waals surface area contributed by atoms with Crippen LogP contribution in [0.4, 0.5) is 4.79 Å². The molecule has 0 radical (unpaired) electrons. The molecule has 1 heterocycles. The van der Waals surface area contributed by atoms with E-state index < -0.39 is 11.9 Å². The lowest BCUT2D eigenvalue weighted by atomic mass is 9.99. The molecular formula is C13H23N3O3. The third kappa shape index (κ3) is 4.09. The minimum absolute atomic E-state index is 0.129. The maximum Gasteiger partial charge on any atom is 0.317 e. The van der Waals surface area contributed by atoms with Gasteiger partial charge in [0.15, 0.2) is 0 Å². The molecule has 0 bridgehead atoms. The zero-order valence-electron chi connectivity index (χ0n) is 11.5. The fourth-order valence-corrected chi connectivity index (χ4v) is 2.51. The Hall–Kier alpha value is -1.30. The maximum absolute atomic E-state index is 11.9. The fourth-order valence-electron chi connectivity index (χ4n) is 2.51. The van der Waals surface area contributed by atoms with Gasteiger partial charge in [-0.25, -0.2) is 4.79 Å². The van der Waals surface area contributed by atoms with Crippen LogP contribution < -0.4 is 5.32 Å². The highest BCUT2D eigenvalue weighted by Gasteiger charge is 2.28. The van der Waals surface area contributed by atoms with Crippen molar-refractivity contribution in [1.82, 2.24) is 15.1 Å². The van der Waals surface area contributed by atoms with Crippen LogP contribution in [0, 0.1) is 5.92 Å². The van der Waals surface area contributed by atoms with Crippen molar-refractivity contribution in [3.05, 3.63) is 0 Å². The quantitative estimate of drug-likeness (QED) is 0.766. The van der Waals surface area contributed by atoms with Crippen LogP contribution in [0.3, 0.4) is 0 Å². The Labute approximate surface area is 113 Å². The number of carboxylic acid groups (broad SMARTS) is 1. The number of nitrogens with zero attached hydrogens (tertiary/aromatic N) is 2. The molecule has 6 nitrogen and oxygen atoms in total. The maximum atomic E-state index is 11.9. The first-order chi connectivity index (χ1) is 9.08. The highest BCUT2D eigenvalue weighted by Crippen LogP contribution is 2.24. The molecule has 108 valence electrons. The number of piperidine rings is 1. The summed E-state index contributed by atoms with van der Waals surface area (Å²) in [5.74, 6) is -1.21. The number of carboxylic acids is 1. The van der Waals surface area contributed by atoms with Crippen LogP contribution in [-0.2, 0) is 4.79 Å². The van der Waals surface area contributed by atoms with Crippen LogP contribution in [0.15, 0.2) is 0 Å². The molecule has 0 aromatic heterocycles. The molecule has 0 aromatic carbocycles. The number of likely N-dealkylation sites (tertiary alicyclic amines) is 1. The van der Waals surface area contributed by atoms with Crippen LogP contribution in [-0.4, -0.2) is 66.2 Å². The summed E-state index contributed by atoms with van der Waals surface area (Å²) < 4.78 is 0. The Bertz CT molecular complexity index is 344. The second-order valence-corrected chi connectivity index (χ2v) is 5.57. The average molecular weight is 269 g/mol. The van der Waals surface area contributed by atoms with Gasteiger partial charge in [0.25, 0.3) is 0 Å². The van der Waals surface area contributed by atoms with E-state index in [2.05, 4.69) is 17.3 Å². The van der Waals surface area contributed by atoms with Crippen molar-refractivity contribution >= 4 is 12.0 Å². The number of likely N-dealkylation sites (N-methyl/N-ethyl adjacent to an activating group) is 1. The monoisotopic (exact) mass is 269 g/mol. The second-order valence-electron chi connectivity index (χ2n) is 5.57. The van der Waals surface area contributed by atoms with E-state index in [1.54, 1.807) is 4.90 Å². The molecular weight excluding hydrogens is 246 g/mol. The fraction of sp³-hybridized carbons (Fsp3) is 0.846. The summed E-state index contributed by atoms with van der Waals surface area (Å²) in [6.07, 6.45) is 3.96. The second kappa shape index (κ2) is 6.23. The van der Waals surface area contributed by atoms with Gasteiger partial charge in [0.1, 0.15) is 0 Å². The van der Waals surface area contributed by atoms with Crippen LogP contribution in [0.1, 0.15) is 25.7 Å². The molecule has 0 aromatic rings. The highest BCUT2D eigenvalue weighted by molar-refractivity contribution is 5.76. The number of urea groups is 1. The first kappa shape index (κ1) is 14.1. The number of nitrogens with one attached hydrogen (secondary N) is 1. The Morgan fingerprint density at radius 2 is 2.11 bits per heavy atom. The van der Waals surface area contributed by atoms with Crippen LogP contribution >= 0.6 is 0 Å². The number of hydrogen-bond donors (Lipinski definition) is 2. The van der Waals surface area contributed by atoms with Gasteiger partial charge in [0.2, 0.25) is 0 Å². The molecule has 6 heteroatoms. The third-order valence-corrected chi connectivity index (χ3v) is 3.97. The van der Waals surface area contributed by atoms with E-state index in [1.165, 1.54) is 12.8 Å². The lowest BCUT2D eigenvalue weighted by Gasteiger charge is -2.31. The van der Waals surface area contributed by atoms with Gasteiger partial charge in [0, 0.05) is 32.2 Å². The number of rotatable bonds is 5. The van der Waals surface area contributed by atoms with E-state index in [0.717, 1.165) is 13.0 Å². The van der Waals surface area contributed by atoms with Gasteiger partial charge in [-0.15, -0.1) is 0 Å². The van der Waals surface area contributed by atoms with Crippen molar-refractivity contribution in [2.45, 2.75) is 31.7 Å². The van der Waals surface area contributed by atoms with E-state index in [1.807, 2.05) is 0 Å². The minimum Gasteiger partial charge on any atom is -0.481 e. The zero-order valence-corrected chi connectivity index (χ0v) is 11.5. The van der Waals surface area contributed by atoms with E-state index >= 15 is 0 Å². The smallest absolute Gasteiger partial charge is 0.317 e. The molecule has 2 rings (SSSR count). The van der Waals surface area contributed by atoms with E-state index in [0.29, 0.717) is 32.1 Å². The van der Waals surface area contributed by atoms with Crippen molar-refractivity contribution in [2.24, 2.45) is 5.92 Å². The molecule has 1 saturated heterocycles. The Balaban J connectivity index is 1.68. The summed E-state index contributed by atoms with van der Waals surface area (Å²) in [6.45, 7) is 2.47. The molecule has 1 atom stereocenters. The predicted octanol–water partition coefficient (Wildman–Crippen LogP) is 0.587. The van der Waals surface area contributed by atoms with Crippen molar-refractivity contribution in [3.8, 4) is 0 Å². The predicted molar refractivity (Wildman–Crippen MR) is 71.0 cm³/mol. The van der Waals surface area contributed by atoms with Gasteiger partial charge in [-0.05, 0) is 32.7 Å². The van der Waals surface area contributed by atoms with Gasteiger partial charge in [0.05, 0.1) is 5.92 Å². The van der Waals surface area contributed by atoms with Crippen molar-refractivity contribution in [1.29, 1.82) is 0 Å². The van der Waals surface area contributed by atoms with E-state index in [-0.39, 0.29) is 6.03 Å². The lowest BCUT2D eigenvalue weighted by Crippen LogP contribution is -2.48. The van der Waals surface area contributed by atoms with Gasteiger partial charge in [-0.3, -0.25) is 4.79 Å². The zero-order chi connectivity index (χ0) is 13.8. The van der Waals surface area contributed by atoms with Gasteiger partial charge in [-0.2, -0.15) is 0 Å². The first-order valence-corrected chi connectivity index (χ1v) is 7.03. The largest absolute Gasteiger partial charge is 0.481 e. The summed E-state index contributed by atoms with van der Waals surface area (Å²) in [4.78, 5) is 26.8. The van der Waals surface area contributed by atoms with E-state index in [9.17, 15) is 9.59 Å². The van der Waals surface area contributed by atoms with Crippen molar-refractivity contribution < 1.29 is 14.7 Å². The highest BCUT2D eigenvalue weighted by atomic mass is 16.4. The molecule has 2 amide bonds. The molecule has 19 heavy (non-hydrogen) atoms. The minimum atomic E-state index is -0.800. The number of amides is 2. The normalized spacial score (nSPS) is 23.5. The number of carbonyl (C=O) groups excluding carboxylic acids is 1. The number of carbonyl (C=O) groups is 2. The van der Waals surface area contributed by atoms with Gasteiger partial charge < -0.3 is 20.2 Å². The number of aliphatic carboxylic acids is 1. The Morgan fingerprint density at radius 1 is 1.37 bits per heavy atom. The SMILES string of the molecule is CN(CCNC(=O)N1CCC[C@H](C(=O)O)C1)C1CC1. The molecule has 1 saturated carbocycles. The molecule has 0 unspecified atom stereocenters.